The Hall–Kier alpha value is -2.41. The highest BCUT2D eigenvalue weighted by Crippen LogP contribution is 2.20. The number of halogens is 1. The molecule has 130 valence electrons. The molecule has 24 heavy (non-hydrogen) atoms. The van der Waals surface area contributed by atoms with Gasteiger partial charge in [0.1, 0.15) is 5.82 Å². The molecule has 0 saturated heterocycles. The number of hydrogen-bond acceptors (Lipinski definition) is 4. The molecule has 0 fully saturated rings. The van der Waals surface area contributed by atoms with Crippen molar-refractivity contribution >= 4 is 5.91 Å². The van der Waals surface area contributed by atoms with E-state index >= 15 is 0 Å². The summed E-state index contributed by atoms with van der Waals surface area (Å²) in [5.74, 6) is 0.350. The third kappa shape index (κ3) is 4.79. The van der Waals surface area contributed by atoms with Gasteiger partial charge >= 0.3 is 0 Å². The van der Waals surface area contributed by atoms with Crippen LogP contribution in [0.25, 0.3) is 0 Å². The predicted molar refractivity (Wildman–Crippen MR) is 89.3 cm³/mol. The molecule has 1 heterocycles. The van der Waals surface area contributed by atoms with E-state index in [4.69, 9.17) is 4.74 Å². The molecule has 2 rings (SSSR count). The molecule has 2 aromatic rings. The second kappa shape index (κ2) is 8.44. The number of amides is 1. The largest absolute Gasteiger partial charge is 0.481 e. The van der Waals surface area contributed by atoms with Gasteiger partial charge in [-0.3, -0.25) is 4.79 Å². The molecule has 0 spiro atoms. The number of nitrogens with one attached hydrogen (secondary N) is 2. The third-order valence-corrected chi connectivity index (χ3v) is 3.69. The van der Waals surface area contributed by atoms with Crippen LogP contribution in [0.3, 0.4) is 0 Å². The second-order valence-corrected chi connectivity index (χ2v) is 5.53. The molecule has 6 nitrogen and oxygen atoms in total. The molecular formula is C17H23FN4O2. The minimum absolute atomic E-state index is 0.0847. The van der Waals surface area contributed by atoms with E-state index < -0.39 is 0 Å². The lowest BCUT2D eigenvalue weighted by atomic mass is 10.1. The first-order valence-corrected chi connectivity index (χ1v) is 7.79. The second-order valence-electron chi connectivity index (χ2n) is 5.53. The number of ether oxygens (including phenoxy) is 1. The Balaban J connectivity index is 1.69. The standard InChI is InChI=1S/C17H23FN4O2/c1-12-15(17(24-3)22(2)21-12)11-19-8-9-20-16(23)10-13-4-6-14(18)7-5-13/h4-7,19H,8-11H2,1-3H3,(H,20,23). The molecule has 1 aromatic heterocycles. The van der Waals surface area contributed by atoms with E-state index in [9.17, 15) is 9.18 Å². The van der Waals surface area contributed by atoms with Crippen LogP contribution in [-0.2, 0) is 24.8 Å². The molecule has 1 aromatic carbocycles. The summed E-state index contributed by atoms with van der Waals surface area (Å²) in [5, 5.41) is 10.4. The normalized spacial score (nSPS) is 10.7. The minimum atomic E-state index is -0.301. The molecule has 0 aliphatic carbocycles. The summed E-state index contributed by atoms with van der Waals surface area (Å²) in [6.07, 6.45) is 0.246. The lowest BCUT2D eigenvalue weighted by molar-refractivity contribution is -0.120. The third-order valence-electron chi connectivity index (χ3n) is 3.69. The van der Waals surface area contributed by atoms with Crippen molar-refractivity contribution in [1.82, 2.24) is 20.4 Å². The number of nitrogens with zero attached hydrogens (tertiary/aromatic N) is 2. The van der Waals surface area contributed by atoms with Crippen LogP contribution in [-0.4, -0.2) is 35.9 Å². The van der Waals surface area contributed by atoms with Crippen LogP contribution in [0.5, 0.6) is 5.88 Å². The SMILES string of the molecule is COc1c(CNCCNC(=O)Cc2ccc(F)cc2)c(C)nn1C. The topological polar surface area (TPSA) is 68.2 Å². The molecular weight excluding hydrogens is 311 g/mol. The zero-order valence-corrected chi connectivity index (χ0v) is 14.2. The van der Waals surface area contributed by atoms with E-state index in [-0.39, 0.29) is 18.1 Å². The first-order chi connectivity index (χ1) is 11.5. The number of aromatic nitrogens is 2. The fourth-order valence-electron chi connectivity index (χ4n) is 2.49. The van der Waals surface area contributed by atoms with Crippen LogP contribution < -0.4 is 15.4 Å². The fourth-order valence-corrected chi connectivity index (χ4v) is 2.49. The Morgan fingerprint density at radius 2 is 2.00 bits per heavy atom. The van der Waals surface area contributed by atoms with Crippen LogP contribution in [0.1, 0.15) is 16.8 Å². The van der Waals surface area contributed by atoms with Crippen molar-refractivity contribution in [2.45, 2.75) is 19.9 Å². The Kier molecular flexibility index (Phi) is 6.31. The number of rotatable bonds is 8. The van der Waals surface area contributed by atoms with E-state index in [0.717, 1.165) is 22.7 Å². The highest BCUT2D eigenvalue weighted by atomic mass is 19.1. The van der Waals surface area contributed by atoms with Gasteiger partial charge in [-0.05, 0) is 24.6 Å². The van der Waals surface area contributed by atoms with Crippen LogP contribution in [0.15, 0.2) is 24.3 Å². The molecule has 0 aliphatic heterocycles. The minimum Gasteiger partial charge on any atom is -0.481 e. The lowest BCUT2D eigenvalue weighted by Crippen LogP contribution is -2.32. The van der Waals surface area contributed by atoms with Crippen molar-refractivity contribution in [2.75, 3.05) is 20.2 Å². The summed E-state index contributed by atoms with van der Waals surface area (Å²) < 4.78 is 19.8. The number of aryl methyl sites for hydroxylation is 2. The average Bonchev–Trinajstić information content (AvgIpc) is 2.82. The molecule has 0 unspecified atom stereocenters. The monoisotopic (exact) mass is 334 g/mol. The summed E-state index contributed by atoms with van der Waals surface area (Å²) in [6, 6.07) is 5.94. The van der Waals surface area contributed by atoms with Gasteiger partial charge in [0, 0.05) is 26.7 Å². The summed E-state index contributed by atoms with van der Waals surface area (Å²) in [5.41, 5.74) is 2.72. The van der Waals surface area contributed by atoms with E-state index in [0.29, 0.717) is 19.6 Å². The molecule has 7 heteroatoms. The van der Waals surface area contributed by atoms with Gasteiger partial charge < -0.3 is 15.4 Å². The van der Waals surface area contributed by atoms with Gasteiger partial charge in [-0.15, -0.1) is 0 Å². The first-order valence-electron chi connectivity index (χ1n) is 7.79. The Morgan fingerprint density at radius 1 is 1.29 bits per heavy atom. The van der Waals surface area contributed by atoms with Crippen molar-refractivity contribution in [3.05, 3.63) is 46.9 Å². The molecule has 0 aliphatic rings. The van der Waals surface area contributed by atoms with E-state index in [2.05, 4.69) is 15.7 Å². The van der Waals surface area contributed by atoms with Gasteiger partial charge in [0.2, 0.25) is 11.8 Å². The van der Waals surface area contributed by atoms with Gasteiger partial charge in [0.05, 0.1) is 24.8 Å². The maximum atomic E-state index is 12.8. The fraction of sp³-hybridized carbons (Fsp3) is 0.412. The van der Waals surface area contributed by atoms with E-state index in [1.54, 1.807) is 23.9 Å². The number of hydrogen-bond donors (Lipinski definition) is 2. The van der Waals surface area contributed by atoms with Crippen LogP contribution in [0.4, 0.5) is 4.39 Å². The van der Waals surface area contributed by atoms with Crippen LogP contribution in [0.2, 0.25) is 0 Å². The molecule has 1 amide bonds. The smallest absolute Gasteiger partial charge is 0.224 e. The quantitative estimate of drug-likeness (QED) is 0.715. The van der Waals surface area contributed by atoms with Crippen LogP contribution in [0, 0.1) is 12.7 Å². The Labute approximate surface area is 141 Å². The zero-order valence-electron chi connectivity index (χ0n) is 14.2. The number of carbonyl (C=O) groups is 1. The Morgan fingerprint density at radius 3 is 2.67 bits per heavy atom. The van der Waals surface area contributed by atoms with Crippen molar-refractivity contribution in [3.8, 4) is 5.88 Å². The van der Waals surface area contributed by atoms with Gasteiger partial charge in [0.15, 0.2) is 0 Å². The summed E-state index contributed by atoms with van der Waals surface area (Å²) in [7, 11) is 3.46. The highest BCUT2D eigenvalue weighted by Gasteiger charge is 2.12. The average molecular weight is 334 g/mol. The van der Waals surface area contributed by atoms with E-state index in [1.807, 2.05) is 14.0 Å². The van der Waals surface area contributed by atoms with Crippen LogP contribution >= 0.6 is 0 Å². The first kappa shape index (κ1) is 17.9. The predicted octanol–water partition coefficient (Wildman–Crippen LogP) is 1.32. The molecule has 2 N–H and O–H groups in total. The van der Waals surface area contributed by atoms with Gasteiger partial charge in [-0.1, -0.05) is 12.1 Å². The van der Waals surface area contributed by atoms with Crippen molar-refractivity contribution in [1.29, 1.82) is 0 Å². The maximum absolute atomic E-state index is 12.8. The lowest BCUT2D eigenvalue weighted by Gasteiger charge is -2.08. The van der Waals surface area contributed by atoms with Crippen molar-refractivity contribution in [2.24, 2.45) is 7.05 Å². The molecule has 0 radical (unpaired) electrons. The number of benzene rings is 1. The highest BCUT2D eigenvalue weighted by molar-refractivity contribution is 5.78. The zero-order chi connectivity index (χ0) is 17.5. The summed E-state index contributed by atoms with van der Waals surface area (Å²) >= 11 is 0. The summed E-state index contributed by atoms with van der Waals surface area (Å²) in [6.45, 7) is 3.70. The van der Waals surface area contributed by atoms with Gasteiger partial charge in [-0.25, -0.2) is 9.07 Å². The molecule has 0 atom stereocenters. The van der Waals surface area contributed by atoms with Gasteiger partial charge in [-0.2, -0.15) is 5.10 Å². The molecule has 0 bridgehead atoms. The van der Waals surface area contributed by atoms with E-state index in [1.165, 1.54) is 12.1 Å². The summed E-state index contributed by atoms with van der Waals surface area (Å²) in [4.78, 5) is 11.8. The number of methoxy groups -OCH3 is 1. The van der Waals surface area contributed by atoms with Gasteiger partial charge in [0.25, 0.3) is 0 Å². The van der Waals surface area contributed by atoms with Crippen molar-refractivity contribution in [3.63, 3.8) is 0 Å². The number of carbonyl (C=O) groups excluding carboxylic acids is 1. The maximum Gasteiger partial charge on any atom is 0.224 e. The molecule has 0 saturated carbocycles. The Bertz CT molecular complexity index is 683. The van der Waals surface area contributed by atoms with Crippen molar-refractivity contribution < 1.29 is 13.9 Å².